The molecule has 2 atom stereocenters. The highest BCUT2D eigenvalue weighted by molar-refractivity contribution is 6.33. The molecule has 3 aromatic carbocycles. The third-order valence-corrected chi connectivity index (χ3v) is 7.45. The summed E-state index contributed by atoms with van der Waals surface area (Å²) in [5.41, 5.74) is 1.99. The van der Waals surface area contributed by atoms with E-state index in [9.17, 15) is 30.0 Å². The summed E-state index contributed by atoms with van der Waals surface area (Å²) in [5.74, 6) is -2.06. The molecule has 3 aromatic rings. The molecule has 0 saturated heterocycles. The first-order chi connectivity index (χ1) is 18.7. The van der Waals surface area contributed by atoms with Crippen LogP contribution in [0.3, 0.4) is 0 Å². The number of carbonyl (C=O) groups excluding carboxylic acids is 2. The Hall–Kier alpha value is -3.91. The molecule has 0 radical (unpaired) electrons. The number of phenolic OH excluding ortho intramolecular Hbond substituents is 4. The van der Waals surface area contributed by atoms with Gasteiger partial charge in [-0.05, 0) is 65.9 Å². The Morgan fingerprint density at radius 3 is 2.36 bits per heavy atom. The van der Waals surface area contributed by atoms with Crippen LogP contribution in [-0.4, -0.2) is 49.7 Å². The Kier molecular flexibility index (Phi) is 8.86. The third-order valence-electron chi connectivity index (χ3n) is 7.12. The van der Waals surface area contributed by atoms with Crippen LogP contribution in [0.5, 0.6) is 23.0 Å². The molecule has 0 saturated carbocycles. The number of rotatable bonds is 9. The number of fused-ring (bicyclic) bond motifs is 1. The molecule has 0 bridgehead atoms. The number of halogens is 1. The summed E-state index contributed by atoms with van der Waals surface area (Å²) in [5, 5.41) is 43.7. The maximum absolute atomic E-state index is 14.1. The lowest BCUT2D eigenvalue weighted by Gasteiger charge is -2.43. The van der Waals surface area contributed by atoms with Crippen LogP contribution in [0.15, 0.2) is 54.6 Å². The van der Waals surface area contributed by atoms with E-state index in [2.05, 4.69) is 12.2 Å². The second-order valence-corrected chi connectivity index (χ2v) is 10.3. The molecule has 0 fully saturated rings. The van der Waals surface area contributed by atoms with E-state index in [0.717, 1.165) is 25.7 Å². The van der Waals surface area contributed by atoms with Crippen LogP contribution >= 0.6 is 11.6 Å². The molecular weight excluding hydrogens is 520 g/mol. The van der Waals surface area contributed by atoms with Gasteiger partial charge < -0.3 is 30.6 Å². The Morgan fingerprint density at radius 1 is 0.923 bits per heavy atom. The molecule has 5 N–H and O–H groups in total. The molecule has 0 aromatic heterocycles. The Bertz CT molecular complexity index is 1360. The lowest BCUT2D eigenvalue weighted by atomic mass is 9.83. The highest BCUT2D eigenvalue weighted by Gasteiger charge is 2.42. The van der Waals surface area contributed by atoms with Gasteiger partial charge in [0.05, 0.1) is 16.6 Å². The topological polar surface area (TPSA) is 130 Å². The molecule has 9 heteroatoms. The van der Waals surface area contributed by atoms with Crippen LogP contribution in [0.4, 0.5) is 0 Å². The van der Waals surface area contributed by atoms with Crippen molar-refractivity contribution in [3.63, 3.8) is 0 Å². The number of unbranched alkanes of at least 4 members (excludes halogenated alkanes) is 3. The number of nitrogens with zero attached hydrogens (tertiary/aromatic N) is 1. The van der Waals surface area contributed by atoms with Crippen molar-refractivity contribution in [1.29, 1.82) is 0 Å². The van der Waals surface area contributed by atoms with E-state index in [1.54, 1.807) is 30.3 Å². The maximum Gasteiger partial charge on any atom is 0.256 e. The van der Waals surface area contributed by atoms with Crippen molar-refractivity contribution < 1.29 is 30.0 Å². The third kappa shape index (κ3) is 6.23. The minimum Gasteiger partial charge on any atom is -0.504 e. The fraction of sp³-hybridized carbons (Fsp3) is 0.333. The van der Waals surface area contributed by atoms with Gasteiger partial charge in [-0.25, -0.2) is 0 Å². The molecule has 4 rings (SSSR count). The Morgan fingerprint density at radius 2 is 1.64 bits per heavy atom. The van der Waals surface area contributed by atoms with E-state index < -0.39 is 18.0 Å². The molecule has 206 valence electrons. The summed E-state index contributed by atoms with van der Waals surface area (Å²) in [6, 6.07) is 12.1. The summed E-state index contributed by atoms with van der Waals surface area (Å²) in [6.45, 7) is 2.57. The Balaban J connectivity index is 1.80. The van der Waals surface area contributed by atoms with Crippen molar-refractivity contribution in [3.8, 4) is 23.0 Å². The fourth-order valence-corrected chi connectivity index (χ4v) is 5.30. The van der Waals surface area contributed by atoms with Gasteiger partial charge >= 0.3 is 0 Å². The van der Waals surface area contributed by atoms with Gasteiger partial charge in [-0.3, -0.25) is 9.59 Å². The number of hydrogen-bond donors (Lipinski definition) is 5. The van der Waals surface area contributed by atoms with Crippen LogP contribution < -0.4 is 5.32 Å². The van der Waals surface area contributed by atoms with E-state index in [4.69, 9.17) is 11.6 Å². The van der Waals surface area contributed by atoms with E-state index in [1.165, 1.54) is 29.2 Å². The van der Waals surface area contributed by atoms with E-state index in [-0.39, 0.29) is 52.3 Å². The average molecular weight is 553 g/mol. The predicted molar refractivity (Wildman–Crippen MR) is 148 cm³/mol. The van der Waals surface area contributed by atoms with Gasteiger partial charge in [0.1, 0.15) is 6.04 Å². The van der Waals surface area contributed by atoms with Gasteiger partial charge in [-0.15, -0.1) is 0 Å². The summed E-state index contributed by atoms with van der Waals surface area (Å²) >= 11 is 6.41. The molecule has 2 amide bonds. The molecule has 8 nitrogen and oxygen atoms in total. The van der Waals surface area contributed by atoms with E-state index in [1.807, 2.05) is 0 Å². The first-order valence-electron chi connectivity index (χ1n) is 13.1. The van der Waals surface area contributed by atoms with Crippen molar-refractivity contribution in [1.82, 2.24) is 10.2 Å². The number of phenols is 4. The first kappa shape index (κ1) is 28.1. The van der Waals surface area contributed by atoms with Crippen molar-refractivity contribution in [2.45, 2.75) is 57.5 Å². The molecular formula is C30H33ClN2O6. The van der Waals surface area contributed by atoms with Crippen LogP contribution in [0.25, 0.3) is 0 Å². The van der Waals surface area contributed by atoms with E-state index in [0.29, 0.717) is 23.2 Å². The van der Waals surface area contributed by atoms with Gasteiger partial charge in [-0.1, -0.05) is 56.0 Å². The summed E-state index contributed by atoms with van der Waals surface area (Å²) in [7, 11) is 0. The summed E-state index contributed by atoms with van der Waals surface area (Å²) in [4.78, 5) is 29.2. The second kappa shape index (κ2) is 12.3. The number of nitrogens with one attached hydrogen (secondary N) is 1. The number of carbonyl (C=O) groups is 2. The number of aromatic hydroxyl groups is 4. The van der Waals surface area contributed by atoms with E-state index >= 15 is 0 Å². The molecule has 1 aliphatic heterocycles. The van der Waals surface area contributed by atoms with Crippen molar-refractivity contribution in [2.24, 2.45) is 0 Å². The van der Waals surface area contributed by atoms with Crippen molar-refractivity contribution in [2.75, 3.05) is 6.54 Å². The zero-order chi connectivity index (χ0) is 28.1. The van der Waals surface area contributed by atoms with Gasteiger partial charge in [0.2, 0.25) is 5.91 Å². The standard InChI is InChI=1S/C30H33ClN2O6/c1-2-3-4-7-12-32-29(38)24-15-19-16-27(36)28(37)17-21(19)23(13-18-10-11-25(34)26(35)14-18)33(24)30(39)20-8-5-6-9-22(20)31/h5-6,8-11,14,16-17,23-24,34-37H,2-4,7,12-13,15H2,1H3,(H,32,38)/t23-,24-/m0/s1. The van der Waals surface area contributed by atoms with Gasteiger partial charge in [0.15, 0.2) is 23.0 Å². The lowest BCUT2D eigenvalue weighted by molar-refractivity contribution is -0.126. The van der Waals surface area contributed by atoms with Crippen molar-refractivity contribution in [3.05, 3.63) is 81.9 Å². The zero-order valence-electron chi connectivity index (χ0n) is 21.7. The van der Waals surface area contributed by atoms with Gasteiger partial charge in [-0.2, -0.15) is 0 Å². The maximum atomic E-state index is 14.1. The lowest BCUT2D eigenvalue weighted by Crippen LogP contribution is -2.55. The van der Waals surface area contributed by atoms with Crippen LogP contribution in [-0.2, 0) is 17.6 Å². The molecule has 39 heavy (non-hydrogen) atoms. The smallest absolute Gasteiger partial charge is 0.256 e. The second-order valence-electron chi connectivity index (χ2n) is 9.85. The quantitative estimate of drug-likeness (QED) is 0.183. The van der Waals surface area contributed by atoms with Crippen LogP contribution in [0.1, 0.15) is 65.7 Å². The average Bonchev–Trinajstić information content (AvgIpc) is 2.91. The zero-order valence-corrected chi connectivity index (χ0v) is 22.5. The predicted octanol–water partition coefficient (Wildman–Crippen LogP) is 5.21. The normalized spacial score (nSPS) is 16.5. The first-order valence-corrected chi connectivity index (χ1v) is 13.5. The van der Waals surface area contributed by atoms with Crippen LogP contribution in [0.2, 0.25) is 5.02 Å². The molecule has 0 spiro atoms. The van der Waals surface area contributed by atoms with Gasteiger partial charge in [0, 0.05) is 13.0 Å². The number of hydrogen-bond acceptors (Lipinski definition) is 6. The minimum atomic E-state index is -0.924. The monoisotopic (exact) mass is 552 g/mol. The molecule has 0 aliphatic carbocycles. The summed E-state index contributed by atoms with van der Waals surface area (Å²) < 4.78 is 0. The van der Waals surface area contributed by atoms with Crippen LogP contribution in [0, 0.1) is 0 Å². The SMILES string of the molecule is CCCCCCNC(=O)[C@@H]1Cc2cc(O)c(O)cc2[C@H](Cc2ccc(O)c(O)c2)N1C(=O)c1ccccc1Cl. The van der Waals surface area contributed by atoms with Gasteiger partial charge in [0.25, 0.3) is 5.91 Å². The highest BCUT2D eigenvalue weighted by Crippen LogP contribution is 2.42. The van der Waals surface area contributed by atoms with Crippen molar-refractivity contribution >= 4 is 23.4 Å². The largest absolute Gasteiger partial charge is 0.504 e. The fourth-order valence-electron chi connectivity index (χ4n) is 5.08. The molecule has 1 heterocycles. The highest BCUT2D eigenvalue weighted by atomic mass is 35.5. The summed E-state index contributed by atoms with van der Waals surface area (Å²) in [6.07, 6.45) is 4.20. The Labute approximate surface area is 232 Å². The number of benzene rings is 3. The number of amides is 2. The molecule has 0 unspecified atom stereocenters. The minimum absolute atomic E-state index is 0.123. The molecule has 1 aliphatic rings.